The first kappa shape index (κ1) is 16.6. The van der Waals surface area contributed by atoms with E-state index in [0.717, 1.165) is 13.1 Å². The minimum atomic E-state index is -0.289. The molecular formula is C18H23FN4O. The molecule has 2 heterocycles. The van der Waals surface area contributed by atoms with Crippen LogP contribution in [-0.4, -0.2) is 48.6 Å². The molecule has 0 amide bonds. The molecule has 0 aliphatic carbocycles. The molecule has 24 heavy (non-hydrogen) atoms. The average Bonchev–Trinajstić information content (AvgIpc) is 2.57. The van der Waals surface area contributed by atoms with Crippen molar-refractivity contribution in [2.45, 2.75) is 12.8 Å². The van der Waals surface area contributed by atoms with Gasteiger partial charge in [-0.25, -0.2) is 9.37 Å². The molecule has 1 unspecified atom stereocenters. The summed E-state index contributed by atoms with van der Waals surface area (Å²) in [6.07, 6.45) is 4.16. The Hall–Kier alpha value is -2.21. The van der Waals surface area contributed by atoms with Gasteiger partial charge < -0.3 is 14.5 Å². The van der Waals surface area contributed by atoms with E-state index in [9.17, 15) is 4.39 Å². The van der Waals surface area contributed by atoms with Crippen LogP contribution in [0.5, 0.6) is 11.6 Å². The molecule has 1 aromatic carbocycles. The summed E-state index contributed by atoms with van der Waals surface area (Å²) in [5.41, 5.74) is 0. The minimum Gasteiger partial charge on any atom is -0.439 e. The van der Waals surface area contributed by atoms with Gasteiger partial charge in [0.05, 0.1) is 0 Å². The third kappa shape index (κ3) is 4.41. The Morgan fingerprint density at radius 1 is 1.29 bits per heavy atom. The van der Waals surface area contributed by atoms with Gasteiger partial charge in [0.2, 0.25) is 11.8 Å². The SMILES string of the molecule is CN1CCCC(CN(C)c2nccc(Oc3ccc(F)cc3)n2)C1. The van der Waals surface area contributed by atoms with Gasteiger partial charge in [-0.05, 0) is 56.6 Å². The monoisotopic (exact) mass is 330 g/mol. The summed E-state index contributed by atoms with van der Waals surface area (Å²) in [6.45, 7) is 3.21. The lowest BCUT2D eigenvalue weighted by molar-refractivity contribution is 0.213. The number of likely N-dealkylation sites (tertiary alicyclic amines) is 1. The van der Waals surface area contributed by atoms with Gasteiger partial charge in [-0.2, -0.15) is 4.98 Å². The van der Waals surface area contributed by atoms with E-state index in [1.54, 1.807) is 24.4 Å². The zero-order chi connectivity index (χ0) is 16.9. The molecule has 5 nitrogen and oxygen atoms in total. The fraction of sp³-hybridized carbons (Fsp3) is 0.444. The highest BCUT2D eigenvalue weighted by Crippen LogP contribution is 2.22. The predicted octanol–water partition coefficient (Wildman–Crippen LogP) is 3.19. The van der Waals surface area contributed by atoms with Crippen molar-refractivity contribution in [2.24, 2.45) is 5.92 Å². The van der Waals surface area contributed by atoms with Gasteiger partial charge >= 0.3 is 0 Å². The Bertz CT molecular complexity index is 664. The van der Waals surface area contributed by atoms with Gasteiger partial charge in [0.15, 0.2) is 0 Å². The molecule has 0 radical (unpaired) electrons. The summed E-state index contributed by atoms with van der Waals surface area (Å²) >= 11 is 0. The highest BCUT2D eigenvalue weighted by Gasteiger charge is 2.19. The van der Waals surface area contributed by atoms with E-state index >= 15 is 0 Å². The van der Waals surface area contributed by atoms with Crippen LogP contribution in [0.3, 0.4) is 0 Å². The summed E-state index contributed by atoms with van der Waals surface area (Å²) in [6, 6.07) is 7.60. The van der Waals surface area contributed by atoms with Crippen molar-refractivity contribution in [3.63, 3.8) is 0 Å². The Morgan fingerprint density at radius 3 is 2.83 bits per heavy atom. The maximum Gasteiger partial charge on any atom is 0.228 e. The Labute approximate surface area is 142 Å². The van der Waals surface area contributed by atoms with E-state index in [0.29, 0.717) is 23.5 Å². The van der Waals surface area contributed by atoms with Gasteiger partial charge in [-0.1, -0.05) is 0 Å². The third-order valence-corrected chi connectivity index (χ3v) is 4.25. The molecule has 0 spiro atoms. The summed E-state index contributed by atoms with van der Waals surface area (Å²) in [5, 5.41) is 0. The number of halogens is 1. The lowest BCUT2D eigenvalue weighted by Crippen LogP contribution is -2.38. The van der Waals surface area contributed by atoms with Crippen molar-refractivity contribution in [2.75, 3.05) is 38.6 Å². The van der Waals surface area contributed by atoms with Gasteiger partial charge in [0, 0.05) is 32.4 Å². The first-order valence-corrected chi connectivity index (χ1v) is 8.26. The number of nitrogens with zero attached hydrogens (tertiary/aromatic N) is 4. The fourth-order valence-electron chi connectivity index (χ4n) is 3.09. The van der Waals surface area contributed by atoms with Crippen molar-refractivity contribution in [1.29, 1.82) is 0 Å². The van der Waals surface area contributed by atoms with E-state index in [1.165, 1.54) is 31.5 Å². The van der Waals surface area contributed by atoms with Gasteiger partial charge in [-0.15, -0.1) is 0 Å². The van der Waals surface area contributed by atoms with Crippen LogP contribution < -0.4 is 9.64 Å². The molecule has 1 aromatic heterocycles. The summed E-state index contributed by atoms with van der Waals surface area (Å²) in [5.74, 6) is 1.99. The summed E-state index contributed by atoms with van der Waals surface area (Å²) in [4.78, 5) is 13.2. The largest absolute Gasteiger partial charge is 0.439 e. The topological polar surface area (TPSA) is 41.5 Å². The minimum absolute atomic E-state index is 0.289. The van der Waals surface area contributed by atoms with E-state index < -0.39 is 0 Å². The van der Waals surface area contributed by atoms with E-state index in [1.807, 2.05) is 7.05 Å². The molecule has 6 heteroatoms. The van der Waals surface area contributed by atoms with Crippen LogP contribution in [0.2, 0.25) is 0 Å². The normalized spacial score (nSPS) is 18.4. The summed E-state index contributed by atoms with van der Waals surface area (Å²) in [7, 11) is 4.17. The Kier molecular flexibility index (Phi) is 5.25. The van der Waals surface area contributed by atoms with Crippen LogP contribution in [0.25, 0.3) is 0 Å². The van der Waals surface area contributed by atoms with Gasteiger partial charge in [0.25, 0.3) is 0 Å². The number of anilines is 1. The molecule has 1 aliphatic heterocycles. The number of rotatable bonds is 5. The second-order valence-electron chi connectivity index (χ2n) is 6.40. The van der Waals surface area contributed by atoms with Crippen molar-refractivity contribution in [3.05, 3.63) is 42.3 Å². The molecule has 1 saturated heterocycles. The molecule has 3 rings (SSSR count). The third-order valence-electron chi connectivity index (χ3n) is 4.25. The zero-order valence-electron chi connectivity index (χ0n) is 14.2. The van der Waals surface area contributed by atoms with Crippen LogP contribution in [0.1, 0.15) is 12.8 Å². The highest BCUT2D eigenvalue weighted by atomic mass is 19.1. The quantitative estimate of drug-likeness (QED) is 0.842. The maximum atomic E-state index is 13.0. The Balaban J connectivity index is 1.64. The van der Waals surface area contributed by atoms with E-state index in [-0.39, 0.29) is 5.82 Å². The van der Waals surface area contributed by atoms with Crippen molar-refractivity contribution < 1.29 is 9.13 Å². The van der Waals surface area contributed by atoms with E-state index in [2.05, 4.69) is 26.8 Å². The second kappa shape index (κ2) is 7.57. The lowest BCUT2D eigenvalue weighted by Gasteiger charge is -2.32. The van der Waals surface area contributed by atoms with Crippen molar-refractivity contribution in [1.82, 2.24) is 14.9 Å². The van der Waals surface area contributed by atoms with Crippen LogP contribution in [0, 0.1) is 11.7 Å². The fourth-order valence-corrected chi connectivity index (χ4v) is 3.09. The number of ether oxygens (including phenoxy) is 1. The smallest absolute Gasteiger partial charge is 0.228 e. The maximum absolute atomic E-state index is 13.0. The van der Waals surface area contributed by atoms with Crippen LogP contribution in [0.4, 0.5) is 10.3 Å². The average molecular weight is 330 g/mol. The van der Waals surface area contributed by atoms with E-state index in [4.69, 9.17) is 4.74 Å². The molecule has 0 saturated carbocycles. The number of aromatic nitrogens is 2. The molecule has 1 atom stereocenters. The van der Waals surface area contributed by atoms with Crippen LogP contribution in [0.15, 0.2) is 36.5 Å². The van der Waals surface area contributed by atoms with Crippen LogP contribution >= 0.6 is 0 Å². The molecule has 2 aromatic rings. The number of hydrogen-bond acceptors (Lipinski definition) is 5. The van der Waals surface area contributed by atoms with Gasteiger partial charge in [0.1, 0.15) is 11.6 Å². The van der Waals surface area contributed by atoms with Crippen molar-refractivity contribution >= 4 is 5.95 Å². The molecule has 1 aliphatic rings. The molecule has 128 valence electrons. The predicted molar refractivity (Wildman–Crippen MR) is 92.0 cm³/mol. The lowest BCUT2D eigenvalue weighted by atomic mass is 9.98. The highest BCUT2D eigenvalue weighted by molar-refractivity contribution is 5.33. The Morgan fingerprint density at radius 2 is 2.08 bits per heavy atom. The first-order valence-electron chi connectivity index (χ1n) is 8.26. The standard InChI is InChI=1S/C18H23FN4O/c1-22-11-3-4-14(12-22)13-23(2)18-20-10-9-17(21-18)24-16-7-5-15(19)6-8-16/h5-10,14H,3-4,11-13H2,1-2H3. The molecule has 0 N–H and O–H groups in total. The molecule has 0 bridgehead atoms. The molecule has 1 fully saturated rings. The van der Waals surface area contributed by atoms with Crippen molar-refractivity contribution in [3.8, 4) is 11.6 Å². The van der Waals surface area contributed by atoms with Gasteiger partial charge in [-0.3, -0.25) is 0 Å². The zero-order valence-corrected chi connectivity index (χ0v) is 14.2. The van der Waals surface area contributed by atoms with Crippen LogP contribution in [-0.2, 0) is 0 Å². The summed E-state index contributed by atoms with van der Waals surface area (Å²) < 4.78 is 18.6. The number of benzene rings is 1. The number of piperidine rings is 1. The number of hydrogen-bond donors (Lipinski definition) is 0. The first-order chi connectivity index (χ1) is 11.6. The molecular weight excluding hydrogens is 307 g/mol. The second-order valence-corrected chi connectivity index (χ2v) is 6.40.